The molecule has 0 amide bonds. The number of para-hydroxylation sites is 1. The molecule has 0 aliphatic heterocycles. The molecule has 2 aromatic rings. The first-order valence-corrected chi connectivity index (χ1v) is 6.76. The Balaban J connectivity index is 2.48. The maximum absolute atomic E-state index is 11.8. The van der Waals surface area contributed by atoms with E-state index in [4.69, 9.17) is 16.3 Å². The Labute approximate surface area is 128 Å². The van der Waals surface area contributed by atoms with Crippen molar-refractivity contribution in [3.05, 3.63) is 59.1 Å². The van der Waals surface area contributed by atoms with Gasteiger partial charge in [-0.15, -0.1) is 0 Å². The zero-order valence-corrected chi connectivity index (χ0v) is 12.5. The maximum atomic E-state index is 11.8. The van der Waals surface area contributed by atoms with Crippen LogP contribution in [0.3, 0.4) is 0 Å². The summed E-state index contributed by atoms with van der Waals surface area (Å²) in [5, 5.41) is 13.2. The molecular formula is C16H16ClNO3. The molecule has 0 aliphatic rings. The minimum atomic E-state index is -1.34. The number of hydrogen-bond acceptors (Lipinski definition) is 3. The molecule has 1 unspecified atom stereocenters. The molecule has 21 heavy (non-hydrogen) atoms. The van der Waals surface area contributed by atoms with Crippen LogP contribution in [0.25, 0.3) is 0 Å². The van der Waals surface area contributed by atoms with Crippen molar-refractivity contribution in [2.45, 2.75) is 12.5 Å². The molecule has 2 N–H and O–H groups in total. The van der Waals surface area contributed by atoms with Crippen LogP contribution in [-0.4, -0.2) is 18.2 Å². The highest BCUT2D eigenvalue weighted by Gasteiger charge is 2.37. The molecule has 0 radical (unpaired) electrons. The molecule has 0 aliphatic carbocycles. The molecule has 0 aromatic heterocycles. The largest absolute Gasteiger partial charge is 0.496 e. The molecule has 0 heterocycles. The van der Waals surface area contributed by atoms with Gasteiger partial charge in [0, 0.05) is 16.3 Å². The summed E-state index contributed by atoms with van der Waals surface area (Å²) in [4.78, 5) is 11.8. The molecule has 0 saturated carbocycles. The van der Waals surface area contributed by atoms with E-state index >= 15 is 0 Å². The van der Waals surface area contributed by atoms with Crippen molar-refractivity contribution in [3.8, 4) is 5.75 Å². The van der Waals surface area contributed by atoms with Crippen LogP contribution in [0.4, 0.5) is 5.69 Å². The molecule has 0 saturated heterocycles. The Morgan fingerprint density at radius 2 is 1.95 bits per heavy atom. The summed E-state index contributed by atoms with van der Waals surface area (Å²) < 4.78 is 5.27. The molecule has 0 bridgehead atoms. The number of ether oxygens (including phenoxy) is 1. The van der Waals surface area contributed by atoms with E-state index in [1.165, 1.54) is 7.11 Å². The number of benzene rings is 2. The number of halogens is 1. The number of nitrogens with one attached hydrogen (secondary N) is 1. The third-order valence-electron chi connectivity index (χ3n) is 3.29. The van der Waals surface area contributed by atoms with E-state index in [-0.39, 0.29) is 0 Å². The van der Waals surface area contributed by atoms with E-state index < -0.39 is 11.5 Å². The van der Waals surface area contributed by atoms with Gasteiger partial charge in [0.1, 0.15) is 5.75 Å². The van der Waals surface area contributed by atoms with Gasteiger partial charge in [0.2, 0.25) is 0 Å². The van der Waals surface area contributed by atoms with Crippen molar-refractivity contribution in [2.75, 3.05) is 12.4 Å². The number of anilines is 1. The fourth-order valence-corrected chi connectivity index (χ4v) is 2.34. The maximum Gasteiger partial charge on any atom is 0.333 e. The van der Waals surface area contributed by atoms with E-state index in [0.717, 1.165) is 0 Å². The zero-order chi connectivity index (χ0) is 15.5. The lowest BCUT2D eigenvalue weighted by Gasteiger charge is -2.29. The summed E-state index contributed by atoms with van der Waals surface area (Å²) in [6.45, 7) is 1.59. The second kappa shape index (κ2) is 6.06. The van der Waals surface area contributed by atoms with E-state index in [0.29, 0.717) is 22.0 Å². The molecule has 2 rings (SSSR count). The van der Waals surface area contributed by atoms with E-state index in [1.807, 2.05) is 0 Å². The second-order valence-electron chi connectivity index (χ2n) is 4.77. The third-order valence-corrected chi connectivity index (χ3v) is 3.53. The smallest absolute Gasteiger partial charge is 0.333 e. The van der Waals surface area contributed by atoms with Gasteiger partial charge in [-0.25, -0.2) is 4.79 Å². The quantitative estimate of drug-likeness (QED) is 0.883. The van der Waals surface area contributed by atoms with Gasteiger partial charge in [-0.1, -0.05) is 35.9 Å². The number of carboxylic acids is 1. The van der Waals surface area contributed by atoms with Gasteiger partial charge in [0.05, 0.1) is 7.11 Å². The Bertz CT molecular complexity index is 659. The zero-order valence-electron chi connectivity index (χ0n) is 11.8. The van der Waals surface area contributed by atoms with Gasteiger partial charge in [0.25, 0.3) is 0 Å². The first kappa shape index (κ1) is 15.2. The summed E-state index contributed by atoms with van der Waals surface area (Å²) in [5.74, 6) is -0.496. The fourth-order valence-electron chi connectivity index (χ4n) is 2.15. The van der Waals surface area contributed by atoms with Crippen LogP contribution in [0.1, 0.15) is 12.5 Å². The average molecular weight is 306 g/mol. The molecular weight excluding hydrogens is 290 g/mol. The Morgan fingerprint density at radius 1 is 1.24 bits per heavy atom. The number of hydrogen-bond donors (Lipinski definition) is 2. The van der Waals surface area contributed by atoms with Gasteiger partial charge in [-0.3, -0.25) is 0 Å². The number of carbonyl (C=O) groups is 1. The van der Waals surface area contributed by atoms with Crippen molar-refractivity contribution in [1.82, 2.24) is 0 Å². The number of aliphatic carboxylic acids is 1. The van der Waals surface area contributed by atoms with Crippen LogP contribution in [0.15, 0.2) is 48.5 Å². The number of rotatable bonds is 5. The highest BCUT2D eigenvalue weighted by molar-refractivity contribution is 6.30. The first-order chi connectivity index (χ1) is 9.97. The van der Waals surface area contributed by atoms with Crippen molar-refractivity contribution >= 4 is 23.3 Å². The van der Waals surface area contributed by atoms with Crippen molar-refractivity contribution < 1.29 is 14.6 Å². The van der Waals surface area contributed by atoms with Crippen LogP contribution >= 0.6 is 11.6 Å². The summed E-state index contributed by atoms with van der Waals surface area (Å²) in [6.07, 6.45) is 0. The lowest BCUT2D eigenvalue weighted by molar-refractivity contribution is -0.142. The van der Waals surface area contributed by atoms with E-state index in [1.54, 1.807) is 55.5 Å². The van der Waals surface area contributed by atoms with Crippen molar-refractivity contribution in [3.63, 3.8) is 0 Å². The SMILES string of the molecule is COc1ccccc1C(C)(Nc1cccc(Cl)c1)C(=O)O. The topological polar surface area (TPSA) is 58.6 Å². The lowest BCUT2D eigenvalue weighted by Crippen LogP contribution is -2.40. The Kier molecular flexibility index (Phi) is 4.38. The molecule has 4 nitrogen and oxygen atoms in total. The molecule has 2 aromatic carbocycles. The van der Waals surface area contributed by atoms with Crippen LogP contribution in [-0.2, 0) is 10.3 Å². The van der Waals surface area contributed by atoms with E-state index in [2.05, 4.69) is 5.32 Å². The highest BCUT2D eigenvalue weighted by Crippen LogP contribution is 2.33. The number of carboxylic acid groups (broad SMARTS) is 1. The molecule has 0 spiro atoms. The van der Waals surface area contributed by atoms with Crippen LogP contribution < -0.4 is 10.1 Å². The predicted octanol–water partition coefficient (Wildman–Crippen LogP) is 3.76. The van der Waals surface area contributed by atoms with Gasteiger partial charge in [-0.05, 0) is 31.2 Å². The molecule has 110 valence electrons. The summed E-state index contributed by atoms with van der Waals surface area (Å²) in [6, 6.07) is 14.0. The van der Waals surface area contributed by atoms with Gasteiger partial charge < -0.3 is 15.2 Å². The summed E-state index contributed by atoms with van der Waals surface area (Å²) in [5.41, 5.74) is -0.171. The normalized spacial score (nSPS) is 13.3. The first-order valence-electron chi connectivity index (χ1n) is 6.38. The van der Waals surface area contributed by atoms with Gasteiger partial charge in [-0.2, -0.15) is 0 Å². The minimum Gasteiger partial charge on any atom is -0.496 e. The van der Waals surface area contributed by atoms with Crippen LogP contribution in [0.2, 0.25) is 5.02 Å². The fraction of sp³-hybridized carbons (Fsp3) is 0.188. The van der Waals surface area contributed by atoms with Gasteiger partial charge >= 0.3 is 5.97 Å². The van der Waals surface area contributed by atoms with Crippen LogP contribution in [0, 0.1) is 0 Å². The van der Waals surface area contributed by atoms with E-state index in [9.17, 15) is 9.90 Å². The van der Waals surface area contributed by atoms with Crippen molar-refractivity contribution in [1.29, 1.82) is 0 Å². The summed E-state index contributed by atoms with van der Waals surface area (Å²) in [7, 11) is 1.51. The third kappa shape index (κ3) is 3.11. The Hall–Kier alpha value is -2.20. The van der Waals surface area contributed by atoms with Gasteiger partial charge in [0.15, 0.2) is 5.54 Å². The predicted molar refractivity (Wildman–Crippen MR) is 83.1 cm³/mol. The molecule has 5 heteroatoms. The molecule has 1 atom stereocenters. The lowest BCUT2D eigenvalue weighted by atomic mass is 9.90. The minimum absolute atomic E-state index is 0.511. The monoisotopic (exact) mass is 305 g/mol. The average Bonchev–Trinajstić information content (AvgIpc) is 2.47. The van der Waals surface area contributed by atoms with Crippen LogP contribution in [0.5, 0.6) is 5.75 Å². The second-order valence-corrected chi connectivity index (χ2v) is 5.20. The number of methoxy groups -OCH3 is 1. The highest BCUT2D eigenvalue weighted by atomic mass is 35.5. The standard InChI is InChI=1S/C16H16ClNO3/c1-16(15(19)20,13-8-3-4-9-14(13)21-2)18-12-7-5-6-11(17)10-12/h3-10,18H,1-2H3,(H,19,20). The Morgan fingerprint density at radius 3 is 2.57 bits per heavy atom. The molecule has 0 fully saturated rings. The van der Waals surface area contributed by atoms with Crippen molar-refractivity contribution in [2.24, 2.45) is 0 Å². The summed E-state index contributed by atoms with van der Waals surface area (Å²) >= 11 is 5.95.